The van der Waals surface area contributed by atoms with Crippen LogP contribution in [0.1, 0.15) is 30.8 Å². The number of carbonyl (C=O) groups is 2. The van der Waals surface area contributed by atoms with Crippen LogP contribution in [-0.4, -0.2) is 23.0 Å². The number of halogens is 1. The summed E-state index contributed by atoms with van der Waals surface area (Å²) in [5, 5.41) is 15.1. The first-order chi connectivity index (χ1) is 11.5. The van der Waals surface area contributed by atoms with Crippen LogP contribution in [0.2, 0.25) is 0 Å². The number of carbonyl (C=O) groups excluding carboxylic acids is 2. The minimum atomic E-state index is -1.14. The van der Waals surface area contributed by atoms with E-state index in [0.29, 0.717) is 11.3 Å². The monoisotopic (exact) mass is 334 g/mol. The van der Waals surface area contributed by atoms with Gasteiger partial charge in [0.2, 0.25) is 11.8 Å². The van der Waals surface area contributed by atoms with Crippen molar-refractivity contribution in [2.45, 2.75) is 32.0 Å². The number of aliphatic hydroxyl groups excluding tert-OH is 1. The maximum Gasteiger partial charge on any atom is 0.242 e. The maximum atomic E-state index is 13.1. The minimum Gasteiger partial charge on any atom is -0.467 e. The van der Waals surface area contributed by atoms with Gasteiger partial charge in [0.05, 0.1) is 25.3 Å². The average Bonchev–Trinajstić information content (AvgIpc) is 3.05. The van der Waals surface area contributed by atoms with Gasteiger partial charge in [0.25, 0.3) is 0 Å². The van der Waals surface area contributed by atoms with Gasteiger partial charge >= 0.3 is 0 Å². The van der Waals surface area contributed by atoms with Crippen molar-refractivity contribution in [1.82, 2.24) is 10.6 Å². The first kappa shape index (κ1) is 17.7. The van der Waals surface area contributed by atoms with Gasteiger partial charge in [0.1, 0.15) is 17.6 Å². The number of furan rings is 1. The Labute approximate surface area is 138 Å². The number of rotatable bonds is 7. The molecule has 0 aliphatic carbocycles. The summed E-state index contributed by atoms with van der Waals surface area (Å²) >= 11 is 0. The highest BCUT2D eigenvalue weighted by Gasteiger charge is 2.19. The lowest BCUT2D eigenvalue weighted by Gasteiger charge is -2.16. The molecule has 0 radical (unpaired) electrons. The highest BCUT2D eigenvalue weighted by Crippen LogP contribution is 2.17. The van der Waals surface area contributed by atoms with E-state index in [0.717, 1.165) is 6.07 Å². The van der Waals surface area contributed by atoms with Crippen LogP contribution >= 0.6 is 0 Å². The number of benzene rings is 1. The molecule has 0 saturated heterocycles. The standard InChI is InChI=1S/C17H19FN2O4/c1-11(17(23)19-10-14-6-3-7-24-14)20-16(22)9-15(21)12-4-2-5-13(18)8-12/h2-8,11,15,21H,9-10H2,1H3,(H,19,23)(H,20,22). The van der Waals surface area contributed by atoms with Crippen molar-refractivity contribution >= 4 is 11.8 Å². The summed E-state index contributed by atoms with van der Waals surface area (Å²) in [4.78, 5) is 23.8. The second-order valence-corrected chi connectivity index (χ2v) is 5.36. The molecule has 3 N–H and O–H groups in total. The topological polar surface area (TPSA) is 91.6 Å². The highest BCUT2D eigenvalue weighted by atomic mass is 19.1. The van der Waals surface area contributed by atoms with Crippen LogP contribution < -0.4 is 10.6 Å². The van der Waals surface area contributed by atoms with Crippen molar-refractivity contribution in [3.05, 3.63) is 59.8 Å². The Morgan fingerprint density at radius 1 is 1.29 bits per heavy atom. The molecule has 2 atom stereocenters. The molecule has 0 bridgehead atoms. The van der Waals surface area contributed by atoms with Crippen molar-refractivity contribution in [3.8, 4) is 0 Å². The van der Waals surface area contributed by atoms with Gasteiger partial charge in [-0.05, 0) is 36.8 Å². The fraction of sp³-hybridized carbons (Fsp3) is 0.294. The molecule has 24 heavy (non-hydrogen) atoms. The fourth-order valence-corrected chi connectivity index (χ4v) is 2.11. The Bertz CT molecular complexity index is 688. The van der Waals surface area contributed by atoms with Crippen molar-refractivity contribution in [1.29, 1.82) is 0 Å². The van der Waals surface area contributed by atoms with Gasteiger partial charge < -0.3 is 20.2 Å². The third kappa shape index (κ3) is 5.20. The van der Waals surface area contributed by atoms with E-state index in [-0.39, 0.29) is 18.9 Å². The van der Waals surface area contributed by atoms with Crippen LogP contribution in [-0.2, 0) is 16.1 Å². The summed E-state index contributed by atoms with van der Waals surface area (Å²) in [6.45, 7) is 1.75. The molecule has 2 rings (SSSR count). The molecule has 1 aromatic carbocycles. The van der Waals surface area contributed by atoms with E-state index < -0.39 is 23.9 Å². The molecule has 2 amide bonds. The van der Waals surface area contributed by atoms with Gasteiger partial charge in [-0.3, -0.25) is 9.59 Å². The Balaban J connectivity index is 1.79. The Hall–Kier alpha value is -2.67. The predicted octanol–water partition coefficient (Wildman–Crippen LogP) is 1.66. The van der Waals surface area contributed by atoms with E-state index in [1.54, 1.807) is 12.1 Å². The molecule has 1 heterocycles. The van der Waals surface area contributed by atoms with E-state index >= 15 is 0 Å². The zero-order chi connectivity index (χ0) is 17.5. The molecular formula is C17H19FN2O4. The average molecular weight is 334 g/mol. The van der Waals surface area contributed by atoms with E-state index in [1.807, 2.05) is 0 Å². The maximum absolute atomic E-state index is 13.1. The van der Waals surface area contributed by atoms with Crippen LogP contribution in [0.25, 0.3) is 0 Å². The van der Waals surface area contributed by atoms with Crippen LogP contribution in [0, 0.1) is 5.82 Å². The first-order valence-electron chi connectivity index (χ1n) is 7.48. The highest BCUT2D eigenvalue weighted by molar-refractivity contribution is 5.87. The lowest BCUT2D eigenvalue weighted by atomic mass is 10.1. The van der Waals surface area contributed by atoms with Gasteiger partial charge in [-0.2, -0.15) is 0 Å². The smallest absolute Gasteiger partial charge is 0.242 e. The lowest BCUT2D eigenvalue weighted by Crippen LogP contribution is -2.44. The van der Waals surface area contributed by atoms with Crippen LogP contribution in [0.3, 0.4) is 0 Å². The first-order valence-corrected chi connectivity index (χ1v) is 7.48. The second kappa shape index (κ2) is 8.26. The van der Waals surface area contributed by atoms with Crippen LogP contribution in [0.5, 0.6) is 0 Å². The third-order valence-electron chi connectivity index (χ3n) is 3.40. The van der Waals surface area contributed by atoms with E-state index in [2.05, 4.69) is 10.6 Å². The normalized spacial score (nSPS) is 13.1. The zero-order valence-electron chi connectivity index (χ0n) is 13.2. The largest absolute Gasteiger partial charge is 0.467 e. The number of amides is 2. The molecule has 0 aliphatic heterocycles. The zero-order valence-corrected chi connectivity index (χ0v) is 13.2. The van der Waals surface area contributed by atoms with E-state index in [1.165, 1.54) is 31.4 Å². The molecule has 0 saturated carbocycles. The molecule has 2 unspecified atom stereocenters. The summed E-state index contributed by atoms with van der Waals surface area (Å²) in [5.74, 6) is -0.770. The van der Waals surface area contributed by atoms with Crippen LogP contribution in [0.15, 0.2) is 47.1 Å². The van der Waals surface area contributed by atoms with Gasteiger partial charge in [-0.1, -0.05) is 12.1 Å². The minimum absolute atomic E-state index is 0.220. The van der Waals surface area contributed by atoms with Gasteiger partial charge in [-0.15, -0.1) is 0 Å². The number of aliphatic hydroxyl groups is 1. The van der Waals surface area contributed by atoms with Gasteiger partial charge in [0.15, 0.2) is 0 Å². The van der Waals surface area contributed by atoms with Crippen LogP contribution in [0.4, 0.5) is 4.39 Å². The summed E-state index contributed by atoms with van der Waals surface area (Å²) in [7, 11) is 0. The Morgan fingerprint density at radius 3 is 2.75 bits per heavy atom. The summed E-state index contributed by atoms with van der Waals surface area (Å²) in [6, 6.07) is 8.06. The Kier molecular flexibility index (Phi) is 6.08. The molecule has 7 heteroatoms. The molecular weight excluding hydrogens is 315 g/mol. The Morgan fingerprint density at radius 2 is 2.08 bits per heavy atom. The number of hydrogen-bond acceptors (Lipinski definition) is 4. The summed E-state index contributed by atoms with van der Waals surface area (Å²) in [6.07, 6.45) is 0.0961. The van der Waals surface area contributed by atoms with Crippen molar-refractivity contribution in [2.24, 2.45) is 0 Å². The lowest BCUT2D eigenvalue weighted by molar-refractivity contribution is -0.129. The number of nitrogens with one attached hydrogen (secondary N) is 2. The third-order valence-corrected chi connectivity index (χ3v) is 3.40. The quantitative estimate of drug-likeness (QED) is 0.718. The molecule has 0 spiro atoms. The van der Waals surface area contributed by atoms with Crippen molar-refractivity contribution in [3.63, 3.8) is 0 Å². The number of hydrogen-bond donors (Lipinski definition) is 3. The summed E-state index contributed by atoms with van der Waals surface area (Å²) < 4.78 is 18.2. The molecule has 128 valence electrons. The summed E-state index contributed by atoms with van der Waals surface area (Å²) in [5.41, 5.74) is 0.306. The fourth-order valence-electron chi connectivity index (χ4n) is 2.11. The molecule has 0 fully saturated rings. The van der Waals surface area contributed by atoms with Crippen molar-refractivity contribution in [2.75, 3.05) is 0 Å². The second-order valence-electron chi connectivity index (χ2n) is 5.36. The van der Waals surface area contributed by atoms with E-state index in [4.69, 9.17) is 4.42 Å². The van der Waals surface area contributed by atoms with E-state index in [9.17, 15) is 19.1 Å². The molecule has 6 nitrogen and oxygen atoms in total. The van der Waals surface area contributed by atoms with Gasteiger partial charge in [0, 0.05) is 0 Å². The predicted molar refractivity (Wildman–Crippen MR) is 84.1 cm³/mol. The molecule has 1 aromatic heterocycles. The molecule has 2 aromatic rings. The van der Waals surface area contributed by atoms with Gasteiger partial charge in [-0.25, -0.2) is 4.39 Å². The molecule has 0 aliphatic rings. The SMILES string of the molecule is CC(NC(=O)CC(O)c1cccc(F)c1)C(=O)NCc1ccco1. The van der Waals surface area contributed by atoms with Crippen molar-refractivity contribution < 1.29 is 23.5 Å².